The fraction of sp³-hybridized carbons (Fsp3) is 0.625. The summed E-state index contributed by atoms with van der Waals surface area (Å²) in [5.41, 5.74) is 0.943. The minimum Gasteiger partial charge on any atom is -0.380 e. The fourth-order valence-electron chi connectivity index (χ4n) is 3.23. The molecule has 2 aromatic rings. The Labute approximate surface area is 131 Å². The van der Waals surface area contributed by atoms with Gasteiger partial charge in [0.05, 0.1) is 11.8 Å². The number of aryl methyl sites for hydroxylation is 2. The van der Waals surface area contributed by atoms with Crippen molar-refractivity contribution in [3.63, 3.8) is 0 Å². The van der Waals surface area contributed by atoms with Crippen LogP contribution in [0.2, 0.25) is 0 Å². The Hall–Kier alpha value is -1.66. The van der Waals surface area contributed by atoms with Crippen molar-refractivity contribution in [2.75, 3.05) is 26.7 Å². The van der Waals surface area contributed by atoms with Crippen LogP contribution in [0, 0.1) is 12.8 Å². The largest absolute Gasteiger partial charge is 0.380 e. The quantitative estimate of drug-likeness (QED) is 0.780. The highest BCUT2D eigenvalue weighted by Gasteiger charge is 2.33. The summed E-state index contributed by atoms with van der Waals surface area (Å²) in [7, 11) is 1.80. The van der Waals surface area contributed by atoms with E-state index >= 15 is 0 Å². The van der Waals surface area contributed by atoms with E-state index in [2.05, 4.69) is 15.2 Å². The number of rotatable bonds is 7. The lowest BCUT2D eigenvalue weighted by Gasteiger charge is -2.15. The van der Waals surface area contributed by atoms with Crippen LogP contribution in [-0.2, 0) is 17.7 Å². The number of likely N-dealkylation sites (tertiary alicyclic amines) is 1. The highest BCUT2D eigenvalue weighted by atomic mass is 16.5. The van der Waals surface area contributed by atoms with E-state index in [1.807, 2.05) is 36.1 Å². The molecule has 3 rings (SSSR count). The summed E-state index contributed by atoms with van der Waals surface area (Å²) in [6, 6.07) is 3.99. The summed E-state index contributed by atoms with van der Waals surface area (Å²) >= 11 is 0. The smallest absolute Gasteiger partial charge is 0.137 e. The molecule has 3 heterocycles. The Morgan fingerprint density at radius 2 is 2.27 bits per heavy atom. The molecule has 1 saturated heterocycles. The number of hydrogen-bond donors (Lipinski definition) is 0. The van der Waals surface area contributed by atoms with Crippen molar-refractivity contribution in [3.05, 3.63) is 36.0 Å². The minimum atomic E-state index is 0.273. The topological polar surface area (TPSA) is 56.3 Å². The first-order valence-electron chi connectivity index (χ1n) is 7.89. The van der Waals surface area contributed by atoms with Gasteiger partial charge >= 0.3 is 0 Å². The van der Waals surface area contributed by atoms with Gasteiger partial charge in [-0.15, -0.1) is 0 Å². The maximum Gasteiger partial charge on any atom is 0.137 e. The Bertz CT molecular complexity index is 566. The van der Waals surface area contributed by atoms with Crippen molar-refractivity contribution in [1.29, 1.82) is 0 Å². The number of nitrogens with zero attached hydrogens (tertiary/aromatic N) is 4. The lowest BCUT2D eigenvalue weighted by molar-refractivity contribution is 0.0764. The van der Waals surface area contributed by atoms with E-state index < -0.39 is 0 Å². The van der Waals surface area contributed by atoms with Gasteiger partial charge in [0.25, 0.3) is 0 Å². The van der Waals surface area contributed by atoms with Gasteiger partial charge in [-0.3, -0.25) is 4.68 Å². The summed E-state index contributed by atoms with van der Waals surface area (Å²) in [4.78, 5) is 2.48. The van der Waals surface area contributed by atoms with E-state index in [0.29, 0.717) is 5.92 Å². The van der Waals surface area contributed by atoms with Crippen LogP contribution in [0.15, 0.2) is 29.0 Å². The van der Waals surface area contributed by atoms with Crippen LogP contribution >= 0.6 is 0 Å². The Morgan fingerprint density at radius 1 is 1.36 bits per heavy atom. The van der Waals surface area contributed by atoms with Crippen LogP contribution in [0.1, 0.15) is 17.9 Å². The van der Waals surface area contributed by atoms with Gasteiger partial charge in [-0.2, -0.15) is 5.10 Å². The van der Waals surface area contributed by atoms with Crippen molar-refractivity contribution in [1.82, 2.24) is 19.8 Å². The summed E-state index contributed by atoms with van der Waals surface area (Å²) in [5, 5.41) is 8.21. The molecule has 6 heteroatoms. The van der Waals surface area contributed by atoms with Gasteiger partial charge in [0.1, 0.15) is 5.76 Å². The molecule has 22 heavy (non-hydrogen) atoms. The van der Waals surface area contributed by atoms with Gasteiger partial charge in [-0.05, 0) is 19.4 Å². The average Bonchev–Trinajstić information content (AvgIpc) is 3.22. The molecule has 1 aliphatic heterocycles. The van der Waals surface area contributed by atoms with Gasteiger partial charge in [-0.1, -0.05) is 5.16 Å². The predicted octanol–water partition coefficient (Wildman–Crippen LogP) is 1.76. The summed E-state index contributed by atoms with van der Waals surface area (Å²) in [6.07, 6.45) is 6.11. The van der Waals surface area contributed by atoms with Crippen molar-refractivity contribution in [2.24, 2.45) is 5.92 Å². The van der Waals surface area contributed by atoms with Crippen molar-refractivity contribution in [3.8, 4) is 0 Å². The van der Waals surface area contributed by atoms with Crippen molar-refractivity contribution < 1.29 is 9.26 Å². The molecule has 1 fully saturated rings. The number of methoxy groups -OCH3 is 1. The maximum absolute atomic E-state index is 5.66. The normalized spacial score (nSPS) is 22.5. The second kappa shape index (κ2) is 7.07. The molecule has 2 atom stereocenters. The summed E-state index contributed by atoms with van der Waals surface area (Å²) in [5.74, 6) is 1.44. The number of aromatic nitrogens is 3. The maximum atomic E-state index is 5.66. The van der Waals surface area contributed by atoms with E-state index in [-0.39, 0.29) is 6.10 Å². The zero-order valence-corrected chi connectivity index (χ0v) is 13.3. The summed E-state index contributed by atoms with van der Waals surface area (Å²) in [6.45, 7) is 6.04. The lowest BCUT2D eigenvalue weighted by Crippen LogP contribution is -2.24. The average molecular weight is 304 g/mol. The van der Waals surface area contributed by atoms with E-state index in [1.165, 1.54) is 0 Å². The molecule has 0 spiro atoms. The standard InChI is InChI=1S/C16H24N4O2/c1-13-9-15(22-18-13)10-14-11-19(12-16(14)21-2)6-4-8-20-7-3-5-17-20/h3,5,7,9,14,16H,4,6,8,10-12H2,1-2H3/t14-,16+/m1/s1. The van der Waals surface area contributed by atoms with Gasteiger partial charge in [-0.25, -0.2) is 0 Å². The molecular formula is C16H24N4O2. The van der Waals surface area contributed by atoms with Gasteiger partial charge in [0.2, 0.25) is 0 Å². The molecule has 0 aliphatic carbocycles. The van der Waals surface area contributed by atoms with Crippen molar-refractivity contribution >= 4 is 0 Å². The fourth-order valence-corrected chi connectivity index (χ4v) is 3.23. The molecule has 0 radical (unpaired) electrons. The zero-order chi connectivity index (χ0) is 15.4. The molecule has 0 aromatic carbocycles. The summed E-state index contributed by atoms with van der Waals surface area (Å²) < 4.78 is 13.0. The monoisotopic (exact) mass is 304 g/mol. The third-order valence-electron chi connectivity index (χ3n) is 4.32. The van der Waals surface area contributed by atoms with Gasteiger partial charge in [0.15, 0.2) is 0 Å². The van der Waals surface area contributed by atoms with Crippen molar-refractivity contribution in [2.45, 2.75) is 32.4 Å². The molecule has 2 aromatic heterocycles. The Morgan fingerprint density at radius 3 is 2.95 bits per heavy atom. The highest BCUT2D eigenvalue weighted by Crippen LogP contribution is 2.24. The Kier molecular flexibility index (Phi) is 4.90. The first-order chi connectivity index (χ1) is 10.7. The van der Waals surface area contributed by atoms with Crippen LogP contribution in [0.3, 0.4) is 0 Å². The number of hydrogen-bond acceptors (Lipinski definition) is 5. The molecule has 1 aliphatic rings. The molecule has 120 valence electrons. The van der Waals surface area contributed by atoms with Crippen LogP contribution < -0.4 is 0 Å². The van der Waals surface area contributed by atoms with Crippen LogP contribution in [-0.4, -0.2) is 52.7 Å². The predicted molar refractivity (Wildman–Crippen MR) is 82.5 cm³/mol. The molecule has 0 amide bonds. The second-order valence-corrected chi connectivity index (χ2v) is 6.06. The van der Waals surface area contributed by atoms with E-state index in [4.69, 9.17) is 9.26 Å². The lowest BCUT2D eigenvalue weighted by atomic mass is 10.0. The molecule has 0 bridgehead atoms. The third kappa shape index (κ3) is 3.75. The van der Waals surface area contributed by atoms with Crippen LogP contribution in [0.4, 0.5) is 0 Å². The third-order valence-corrected chi connectivity index (χ3v) is 4.32. The second-order valence-electron chi connectivity index (χ2n) is 6.06. The highest BCUT2D eigenvalue weighted by molar-refractivity contribution is 5.05. The van der Waals surface area contributed by atoms with Gasteiger partial charge in [0, 0.05) is 64.1 Å². The Balaban J connectivity index is 1.48. The van der Waals surface area contributed by atoms with E-state index in [0.717, 1.165) is 50.5 Å². The first-order valence-corrected chi connectivity index (χ1v) is 7.89. The zero-order valence-electron chi connectivity index (χ0n) is 13.3. The van der Waals surface area contributed by atoms with Crippen LogP contribution in [0.25, 0.3) is 0 Å². The minimum absolute atomic E-state index is 0.273. The molecule has 6 nitrogen and oxygen atoms in total. The first kappa shape index (κ1) is 15.2. The number of ether oxygens (including phenoxy) is 1. The molecule has 0 unspecified atom stereocenters. The van der Waals surface area contributed by atoms with Crippen LogP contribution in [0.5, 0.6) is 0 Å². The molecule has 0 N–H and O–H groups in total. The van der Waals surface area contributed by atoms with E-state index in [9.17, 15) is 0 Å². The molecule has 0 saturated carbocycles. The van der Waals surface area contributed by atoms with E-state index in [1.54, 1.807) is 7.11 Å². The SMILES string of the molecule is CO[C@H]1CN(CCCn2cccn2)C[C@H]1Cc1cc(C)no1. The molecular weight excluding hydrogens is 280 g/mol. The van der Waals surface area contributed by atoms with Gasteiger partial charge < -0.3 is 14.2 Å².